The summed E-state index contributed by atoms with van der Waals surface area (Å²) in [6.45, 7) is 2.23. The molecule has 1 atom stereocenters. The molecule has 3 rings (SSSR count). The maximum Gasteiger partial charge on any atom is 0.416 e. The van der Waals surface area contributed by atoms with Gasteiger partial charge in [0.15, 0.2) is 0 Å². The number of halogens is 3. The van der Waals surface area contributed by atoms with Gasteiger partial charge in [-0.2, -0.15) is 18.3 Å². The number of hydrogen-bond acceptors (Lipinski definition) is 4. The Bertz CT molecular complexity index is 914. The van der Waals surface area contributed by atoms with Crippen molar-refractivity contribution in [2.75, 3.05) is 11.9 Å². The van der Waals surface area contributed by atoms with E-state index in [1.165, 1.54) is 12.1 Å². The molecule has 3 N–H and O–H groups in total. The van der Waals surface area contributed by atoms with Crippen LogP contribution in [0.3, 0.4) is 0 Å². The second-order valence-electron chi connectivity index (χ2n) is 6.36. The molecule has 27 heavy (non-hydrogen) atoms. The minimum absolute atomic E-state index is 0.199. The van der Waals surface area contributed by atoms with Crippen molar-refractivity contribution in [3.8, 4) is 11.3 Å². The number of aromatic nitrogens is 2. The number of benzene rings is 1. The SMILES string of the molecule is Cc1sc(N[C@H](CN)Cc2ccccc2C(F)(F)F)cc1-c1ccnn1C. The Morgan fingerprint density at radius 2 is 2.00 bits per heavy atom. The molecule has 0 aliphatic carbocycles. The first kappa shape index (κ1) is 19.4. The quantitative estimate of drug-likeness (QED) is 0.649. The van der Waals surface area contributed by atoms with Gasteiger partial charge in [0.2, 0.25) is 0 Å². The van der Waals surface area contributed by atoms with Crippen LogP contribution in [0.5, 0.6) is 0 Å². The fraction of sp³-hybridized carbons (Fsp3) is 0.316. The molecule has 0 aliphatic rings. The summed E-state index contributed by atoms with van der Waals surface area (Å²) in [4.78, 5) is 1.10. The smallest absolute Gasteiger partial charge is 0.373 e. The van der Waals surface area contributed by atoms with Crippen LogP contribution in [0.4, 0.5) is 18.2 Å². The van der Waals surface area contributed by atoms with Crippen LogP contribution in [-0.2, 0) is 19.6 Å². The van der Waals surface area contributed by atoms with Gasteiger partial charge in [-0.15, -0.1) is 11.3 Å². The number of hydrogen-bond donors (Lipinski definition) is 2. The Hall–Kier alpha value is -2.32. The van der Waals surface area contributed by atoms with Crippen molar-refractivity contribution in [3.63, 3.8) is 0 Å². The highest BCUT2D eigenvalue weighted by Gasteiger charge is 2.33. The Balaban J connectivity index is 1.80. The van der Waals surface area contributed by atoms with Crippen molar-refractivity contribution in [1.82, 2.24) is 9.78 Å². The summed E-state index contributed by atoms with van der Waals surface area (Å²) in [5, 5.41) is 8.36. The molecule has 2 heterocycles. The molecule has 4 nitrogen and oxygen atoms in total. The zero-order valence-corrected chi connectivity index (χ0v) is 15.9. The Morgan fingerprint density at radius 3 is 2.63 bits per heavy atom. The van der Waals surface area contributed by atoms with Gasteiger partial charge in [0.25, 0.3) is 0 Å². The summed E-state index contributed by atoms with van der Waals surface area (Å²) in [6.07, 6.45) is -2.44. The number of aryl methyl sites for hydroxylation is 2. The van der Waals surface area contributed by atoms with E-state index in [0.717, 1.165) is 27.2 Å². The average molecular weight is 394 g/mol. The van der Waals surface area contributed by atoms with E-state index in [1.807, 2.05) is 26.1 Å². The maximum absolute atomic E-state index is 13.2. The van der Waals surface area contributed by atoms with Crippen molar-refractivity contribution in [2.24, 2.45) is 12.8 Å². The normalized spacial score (nSPS) is 13.0. The summed E-state index contributed by atoms with van der Waals surface area (Å²) in [6, 6.07) is 9.26. The molecule has 0 fully saturated rings. The molecule has 0 aliphatic heterocycles. The standard InChI is InChI=1S/C19H21F3N4S/c1-12-15(17-7-8-24-26(17)2)10-18(27-12)25-14(11-23)9-13-5-3-4-6-16(13)19(20,21)22/h3-8,10,14,25H,9,11,23H2,1-2H3/t14-/m0/s1. The first-order valence-electron chi connectivity index (χ1n) is 8.50. The molecule has 144 valence electrons. The van der Waals surface area contributed by atoms with E-state index in [9.17, 15) is 13.2 Å². The van der Waals surface area contributed by atoms with Crippen LogP contribution < -0.4 is 11.1 Å². The van der Waals surface area contributed by atoms with Crippen LogP contribution >= 0.6 is 11.3 Å². The van der Waals surface area contributed by atoms with E-state index in [-0.39, 0.29) is 24.6 Å². The second kappa shape index (κ2) is 7.74. The molecule has 0 saturated heterocycles. The highest BCUT2D eigenvalue weighted by Crippen LogP contribution is 2.35. The van der Waals surface area contributed by atoms with Gasteiger partial charge in [-0.3, -0.25) is 4.68 Å². The lowest BCUT2D eigenvalue weighted by molar-refractivity contribution is -0.138. The summed E-state index contributed by atoms with van der Waals surface area (Å²) in [5.74, 6) is 0. The average Bonchev–Trinajstić information content (AvgIpc) is 3.18. The third-order valence-electron chi connectivity index (χ3n) is 4.43. The number of thiophene rings is 1. The van der Waals surface area contributed by atoms with E-state index in [1.54, 1.807) is 28.3 Å². The molecule has 0 radical (unpaired) electrons. The highest BCUT2D eigenvalue weighted by atomic mass is 32.1. The summed E-state index contributed by atoms with van der Waals surface area (Å²) < 4.78 is 41.5. The zero-order valence-electron chi connectivity index (χ0n) is 15.0. The lowest BCUT2D eigenvalue weighted by Gasteiger charge is -2.19. The topological polar surface area (TPSA) is 55.9 Å². The number of alkyl halides is 3. The summed E-state index contributed by atoms with van der Waals surface area (Å²) in [5.41, 5.74) is 7.51. The largest absolute Gasteiger partial charge is 0.416 e. The molecule has 3 aromatic rings. The van der Waals surface area contributed by atoms with Gasteiger partial charge in [0.1, 0.15) is 0 Å². The zero-order chi connectivity index (χ0) is 19.6. The molecular weight excluding hydrogens is 373 g/mol. The third-order valence-corrected chi connectivity index (χ3v) is 5.42. The van der Waals surface area contributed by atoms with Gasteiger partial charge >= 0.3 is 6.18 Å². The molecule has 8 heteroatoms. The van der Waals surface area contributed by atoms with Crippen LogP contribution in [-0.4, -0.2) is 22.4 Å². The number of nitrogens with two attached hydrogens (primary N) is 1. The van der Waals surface area contributed by atoms with Gasteiger partial charge in [-0.25, -0.2) is 0 Å². The Labute approximate surface area is 159 Å². The Kier molecular flexibility index (Phi) is 5.57. The van der Waals surface area contributed by atoms with E-state index in [0.29, 0.717) is 0 Å². The number of anilines is 1. The van der Waals surface area contributed by atoms with Crippen molar-refractivity contribution >= 4 is 16.3 Å². The second-order valence-corrected chi connectivity index (χ2v) is 7.61. The van der Waals surface area contributed by atoms with Crippen LogP contribution in [0.25, 0.3) is 11.3 Å². The fourth-order valence-corrected chi connectivity index (χ4v) is 4.09. The van der Waals surface area contributed by atoms with Gasteiger partial charge in [-0.1, -0.05) is 18.2 Å². The highest BCUT2D eigenvalue weighted by molar-refractivity contribution is 7.16. The lowest BCUT2D eigenvalue weighted by atomic mass is 10.00. The van der Waals surface area contributed by atoms with Crippen molar-refractivity contribution in [1.29, 1.82) is 0 Å². The maximum atomic E-state index is 13.2. The van der Waals surface area contributed by atoms with E-state index >= 15 is 0 Å². The van der Waals surface area contributed by atoms with E-state index in [2.05, 4.69) is 10.4 Å². The van der Waals surface area contributed by atoms with Crippen LogP contribution in [0.1, 0.15) is 16.0 Å². The predicted octanol–water partition coefficient (Wildman–Crippen LogP) is 4.46. The minimum Gasteiger partial charge on any atom is -0.373 e. The van der Waals surface area contributed by atoms with E-state index in [4.69, 9.17) is 5.73 Å². The molecule has 0 bridgehead atoms. The molecular formula is C19H21F3N4S. The molecule has 1 aromatic carbocycles. The van der Waals surface area contributed by atoms with Gasteiger partial charge < -0.3 is 11.1 Å². The molecule has 2 aromatic heterocycles. The summed E-state index contributed by atoms with van der Waals surface area (Å²) in [7, 11) is 1.87. The van der Waals surface area contributed by atoms with Gasteiger partial charge in [-0.05, 0) is 37.1 Å². The summed E-state index contributed by atoms with van der Waals surface area (Å²) >= 11 is 1.56. The monoisotopic (exact) mass is 394 g/mol. The number of nitrogens with zero attached hydrogens (tertiary/aromatic N) is 2. The molecule has 0 unspecified atom stereocenters. The first-order valence-corrected chi connectivity index (χ1v) is 9.31. The molecule has 0 spiro atoms. The first-order chi connectivity index (χ1) is 12.8. The number of rotatable bonds is 6. The van der Waals surface area contributed by atoms with Crippen LogP contribution in [0.15, 0.2) is 42.6 Å². The van der Waals surface area contributed by atoms with Crippen molar-refractivity contribution in [3.05, 3.63) is 58.6 Å². The fourth-order valence-electron chi connectivity index (χ4n) is 3.08. The number of nitrogens with one attached hydrogen (secondary N) is 1. The van der Waals surface area contributed by atoms with E-state index < -0.39 is 11.7 Å². The van der Waals surface area contributed by atoms with Crippen molar-refractivity contribution in [2.45, 2.75) is 25.6 Å². The van der Waals surface area contributed by atoms with Gasteiger partial charge in [0.05, 0.1) is 16.3 Å². The molecule has 0 amide bonds. The Morgan fingerprint density at radius 1 is 1.26 bits per heavy atom. The minimum atomic E-state index is -4.37. The van der Waals surface area contributed by atoms with Gasteiger partial charge in [0, 0.05) is 36.3 Å². The third kappa shape index (κ3) is 4.33. The van der Waals surface area contributed by atoms with Crippen molar-refractivity contribution < 1.29 is 13.2 Å². The lowest BCUT2D eigenvalue weighted by Crippen LogP contribution is -2.31. The van der Waals surface area contributed by atoms with Crippen LogP contribution in [0, 0.1) is 6.92 Å². The van der Waals surface area contributed by atoms with Crippen LogP contribution in [0.2, 0.25) is 0 Å². The predicted molar refractivity (Wildman–Crippen MR) is 103 cm³/mol. The molecule has 0 saturated carbocycles.